The number of nitrogens with zero attached hydrogens (tertiary/aromatic N) is 3. The fourth-order valence-electron chi connectivity index (χ4n) is 15.3. The largest absolute Gasteiger partial charge is 0.455 e. The molecule has 1 spiro atoms. The van der Waals surface area contributed by atoms with Crippen LogP contribution < -0.4 is 9.80 Å². The molecule has 0 radical (unpaired) electrons. The third-order valence-electron chi connectivity index (χ3n) is 19.9. The number of anilines is 6. The summed E-state index contributed by atoms with van der Waals surface area (Å²) in [5, 5.41) is 8.90. The molecule has 0 saturated heterocycles. The summed E-state index contributed by atoms with van der Waals surface area (Å²) in [6.07, 6.45) is 0. The van der Waals surface area contributed by atoms with Crippen LogP contribution in [0.2, 0.25) is 0 Å². The van der Waals surface area contributed by atoms with Crippen molar-refractivity contribution in [1.29, 1.82) is 0 Å². The Labute approximate surface area is 541 Å². The molecule has 0 atom stereocenters. The lowest BCUT2D eigenvalue weighted by Gasteiger charge is -2.33. The standard InChI is InChI=1S/C88H65N3O2/c1-86(2,3)62-39-47-65(48-40-62)90(64-43-35-56(36-44-64)60-33-31-54-19-7-9-21-58(54)51-60)75-53-74-80(82-78(75)70-25-13-17-29-76(70)92-82)81-79-71-26-14-18-30-77(71)93-83(79)85(89-84(81)88(74)72-27-15-11-23-68(72)69-24-12-16-28-73(69)88)91(67-49-41-63(42-50-67)87(4,5)6)66-45-37-57(38-46-66)61-34-32-55-20-8-10-22-59(55)52-61/h7-53H,1-6H3. The molecule has 2 aliphatic rings. The van der Waals surface area contributed by atoms with Crippen molar-refractivity contribution in [2.45, 2.75) is 57.8 Å². The highest BCUT2D eigenvalue weighted by molar-refractivity contribution is 6.25. The van der Waals surface area contributed by atoms with Crippen LogP contribution in [0, 0.1) is 0 Å². The van der Waals surface area contributed by atoms with Crippen LogP contribution >= 0.6 is 0 Å². The van der Waals surface area contributed by atoms with Gasteiger partial charge in [0.25, 0.3) is 0 Å². The lowest BCUT2D eigenvalue weighted by molar-refractivity contribution is 0.590. The molecular weight excluding hydrogens is 1130 g/mol. The van der Waals surface area contributed by atoms with Gasteiger partial charge < -0.3 is 13.7 Å². The summed E-state index contributed by atoms with van der Waals surface area (Å²) in [6.45, 7) is 13.7. The third kappa shape index (κ3) is 8.35. The van der Waals surface area contributed by atoms with E-state index in [4.69, 9.17) is 13.8 Å². The molecule has 3 heterocycles. The highest BCUT2D eigenvalue weighted by Crippen LogP contribution is 2.67. The van der Waals surface area contributed by atoms with E-state index in [9.17, 15) is 0 Å². The van der Waals surface area contributed by atoms with E-state index in [2.05, 4.69) is 336 Å². The van der Waals surface area contributed by atoms with Crippen molar-refractivity contribution in [3.05, 3.63) is 319 Å². The van der Waals surface area contributed by atoms with Crippen molar-refractivity contribution in [3.8, 4) is 44.5 Å². The zero-order valence-electron chi connectivity index (χ0n) is 52.8. The topological polar surface area (TPSA) is 45.7 Å². The number of benzene rings is 13. The summed E-state index contributed by atoms with van der Waals surface area (Å²) in [6, 6.07) is 105. The molecule has 0 amide bonds. The minimum absolute atomic E-state index is 0.0604. The molecule has 16 aromatic rings. The van der Waals surface area contributed by atoms with Gasteiger partial charge in [0, 0.05) is 50.0 Å². The third-order valence-corrected chi connectivity index (χ3v) is 19.9. The highest BCUT2D eigenvalue weighted by atomic mass is 16.3. The smallest absolute Gasteiger partial charge is 0.182 e. The van der Waals surface area contributed by atoms with Crippen molar-refractivity contribution >= 4 is 99.7 Å². The molecule has 0 unspecified atom stereocenters. The van der Waals surface area contributed by atoms with Gasteiger partial charge in [0.05, 0.1) is 22.2 Å². The quantitative estimate of drug-likeness (QED) is 0.152. The first-order chi connectivity index (χ1) is 45.4. The predicted molar refractivity (Wildman–Crippen MR) is 388 cm³/mol. The molecule has 0 bridgehead atoms. The Morgan fingerprint density at radius 1 is 0.333 bits per heavy atom. The molecule has 2 aliphatic carbocycles. The highest BCUT2D eigenvalue weighted by Gasteiger charge is 2.56. The number of pyridine rings is 1. The summed E-state index contributed by atoms with van der Waals surface area (Å²) in [7, 11) is 0. The van der Waals surface area contributed by atoms with E-state index in [1.54, 1.807) is 0 Å². The van der Waals surface area contributed by atoms with Crippen molar-refractivity contribution in [1.82, 2.24) is 4.98 Å². The number of furan rings is 2. The van der Waals surface area contributed by atoms with Gasteiger partial charge in [-0.1, -0.05) is 248 Å². The second kappa shape index (κ2) is 20.4. The van der Waals surface area contributed by atoms with Crippen LogP contribution in [-0.4, -0.2) is 4.98 Å². The van der Waals surface area contributed by atoms with Gasteiger partial charge in [-0.05, 0) is 172 Å². The second-order valence-corrected chi connectivity index (χ2v) is 27.4. The fourth-order valence-corrected chi connectivity index (χ4v) is 15.3. The number of hydrogen-bond donors (Lipinski definition) is 0. The van der Waals surface area contributed by atoms with Crippen LogP contribution in [0.1, 0.15) is 75.1 Å². The Morgan fingerprint density at radius 3 is 1.25 bits per heavy atom. The lowest BCUT2D eigenvalue weighted by Crippen LogP contribution is -2.28. The zero-order chi connectivity index (χ0) is 62.5. The molecule has 0 N–H and O–H groups in total. The summed E-state index contributed by atoms with van der Waals surface area (Å²) < 4.78 is 15.1. The van der Waals surface area contributed by atoms with Crippen LogP contribution in [0.25, 0.3) is 110 Å². The minimum Gasteiger partial charge on any atom is -0.455 e. The molecule has 18 rings (SSSR count). The summed E-state index contributed by atoms with van der Waals surface area (Å²) in [5.41, 5.74) is 22.8. The Bertz CT molecular complexity index is 5650. The number of aromatic nitrogens is 1. The predicted octanol–water partition coefficient (Wildman–Crippen LogP) is 24.4. The van der Waals surface area contributed by atoms with Crippen LogP contribution in [0.4, 0.5) is 34.3 Å². The molecule has 3 aromatic heterocycles. The van der Waals surface area contributed by atoms with Gasteiger partial charge in [-0.25, -0.2) is 4.98 Å². The van der Waals surface area contributed by atoms with E-state index in [-0.39, 0.29) is 10.8 Å². The van der Waals surface area contributed by atoms with Crippen molar-refractivity contribution in [2.24, 2.45) is 0 Å². The average Bonchev–Trinajstić information content (AvgIpc) is 1.49. The first-order valence-electron chi connectivity index (χ1n) is 32.4. The minimum atomic E-state index is -0.968. The summed E-state index contributed by atoms with van der Waals surface area (Å²) in [5.74, 6) is 0.698. The molecule has 0 saturated carbocycles. The van der Waals surface area contributed by atoms with E-state index >= 15 is 0 Å². The number of fused-ring (bicyclic) bond motifs is 20. The first kappa shape index (κ1) is 54.6. The van der Waals surface area contributed by atoms with Crippen LogP contribution in [-0.2, 0) is 16.2 Å². The Hall–Kier alpha value is -11.3. The number of hydrogen-bond acceptors (Lipinski definition) is 5. The maximum Gasteiger partial charge on any atom is 0.182 e. The van der Waals surface area contributed by atoms with Gasteiger partial charge in [-0.15, -0.1) is 0 Å². The van der Waals surface area contributed by atoms with E-state index in [1.165, 1.54) is 60.5 Å². The monoisotopic (exact) mass is 1200 g/mol. The van der Waals surface area contributed by atoms with Crippen molar-refractivity contribution in [3.63, 3.8) is 0 Å². The molecule has 0 fully saturated rings. The van der Waals surface area contributed by atoms with Crippen molar-refractivity contribution in [2.75, 3.05) is 9.80 Å². The first-order valence-corrected chi connectivity index (χ1v) is 32.4. The average molecular weight is 1200 g/mol. The van der Waals surface area contributed by atoms with Crippen LogP contribution in [0.15, 0.2) is 294 Å². The van der Waals surface area contributed by atoms with Gasteiger partial charge in [0.15, 0.2) is 11.4 Å². The second-order valence-electron chi connectivity index (χ2n) is 27.4. The Morgan fingerprint density at radius 2 is 0.742 bits per heavy atom. The van der Waals surface area contributed by atoms with Crippen LogP contribution in [0.5, 0.6) is 0 Å². The fraction of sp³-hybridized carbons (Fsp3) is 0.102. The van der Waals surface area contributed by atoms with Gasteiger partial charge in [0.2, 0.25) is 0 Å². The van der Waals surface area contributed by atoms with Gasteiger partial charge >= 0.3 is 0 Å². The molecule has 13 aromatic carbocycles. The summed E-state index contributed by atoms with van der Waals surface area (Å²) >= 11 is 0. The number of rotatable bonds is 8. The Kier molecular flexibility index (Phi) is 12.0. The van der Waals surface area contributed by atoms with E-state index in [0.29, 0.717) is 11.4 Å². The Balaban J connectivity index is 0.947. The molecule has 0 aliphatic heterocycles. The molecule has 5 nitrogen and oxygen atoms in total. The lowest BCUT2D eigenvalue weighted by atomic mass is 9.72. The summed E-state index contributed by atoms with van der Waals surface area (Å²) in [4.78, 5) is 11.2. The van der Waals surface area contributed by atoms with E-state index in [0.717, 1.165) is 106 Å². The normalized spacial score (nSPS) is 13.1. The molecule has 5 heteroatoms. The number of para-hydroxylation sites is 2. The van der Waals surface area contributed by atoms with Crippen LogP contribution in [0.3, 0.4) is 0 Å². The van der Waals surface area contributed by atoms with Gasteiger partial charge in [0.1, 0.15) is 16.7 Å². The van der Waals surface area contributed by atoms with Gasteiger partial charge in [-0.2, -0.15) is 0 Å². The maximum atomic E-state index is 7.64. The van der Waals surface area contributed by atoms with E-state index < -0.39 is 5.41 Å². The SMILES string of the molecule is CC(C)(C)c1ccc(N(c2ccc(-c3ccc4ccccc4c3)cc2)c2nc3c(c4c2oc2ccccc24)-c2c(cc(N(c4ccc(-c5ccc6ccccc6c5)cc4)c4ccc(C(C)(C)C)cc4)c4c2oc2ccccc24)C32c3ccccc3-c3ccccc32)cc1. The maximum absolute atomic E-state index is 7.64. The van der Waals surface area contributed by atoms with Crippen molar-refractivity contribution < 1.29 is 8.83 Å². The zero-order valence-corrected chi connectivity index (χ0v) is 52.8. The van der Waals surface area contributed by atoms with Gasteiger partial charge in [-0.3, -0.25) is 4.90 Å². The molecule has 93 heavy (non-hydrogen) atoms. The van der Waals surface area contributed by atoms with E-state index in [1.807, 2.05) is 0 Å². The molecule has 444 valence electrons. The molecular formula is C88H65N3O2.